The number of likely N-dealkylation sites (tertiary alicyclic amines) is 1. The van der Waals surface area contributed by atoms with Crippen LogP contribution in [0.5, 0.6) is 0 Å². The Balaban J connectivity index is 1.39. The molecule has 3 amide bonds. The van der Waals surface area contributed by atoms with Crippen LogP contribution >= 0.6 is 23.2 Å². The van der Waals surface area contributed by atoms with Crippen molar-refractivity contribution < 1.29 is 23.9 Å². The highest BCUT2D eigenvalue weighted by molar-refractivity contribution is 6.34. The Kier molecular flexibility index (Phi) is 10.0. The molecule has 0 bridgehead atoms. The van der Waals surface area contributed by atoms with Crippen LogP contribution in [-0.4, -0.2) is 53.6 Å². The zero-order valence-corrected chi connectivity index (χ0v) is 28.8. The largest absolute Gasteiger partial charge is 0.481 e. The second kappa shape index (κ2) is 13.9. The highest BCUT2D eigenvalue weighted by Gasteiger charge is 2.40. The molecule has 48 heavy (non-hydrogen) atoms. The number of piperidine rings is 1. The molecular formula is C35H37Cl2N5O6. The van der Waals surface area contributed by atoms with Gasteiger partial charge in [-0.2, -0.15) is 4.99 Å². The van der Waals surface area contributed by atoms with Gasteiger partial charge >= 0.3 is 6.09 Å². The smallest absolute Gasteiger partial charge is 0.410 e. The number of benzene rings is 2. The van der Waals surface area contributed by atoms with Gasteiger partial charge in [-0.1, -0.05) is 41.4 Å². The summed E-state index contributed by atoms with van der Waals surface area (Å²) in [6, 6.07) is 13.2. The van der Waals surface area contributed by atoms with Crippen molar-refractivity contribution in [2.45, 2.75) is 58.1 Å². The summed E-state index contributed by atoms with van der Waals surface area (Å²) in [5.74, 6) is -0.744. The lowest BCUT2D eigenvalue weighted by atomic mass is 9.80. The van der Waals surface area contributed by atoms with Crippen molar-refractivity contribution in [1.29, 1.82) is 0 Å². The number of anilines is 1. The number of halogens is 2. The molecule has 2 aliphatic rings. The Morgan fingerprint density at radius 1 is 1.02 bits per heavy atom. The molecule has 0 unspecified atom stereocenters. The molecule has 0 atom stereocenters. The van der Waals surface area contributed by atoms with Gasteiger partial charge in [0.1, 0.15) is 16.7 Å². The summed E-state index contributed by atoms with van der Waals surface area (Å²) in [7, 11) is 1.50. The topological polar surface area (TPSA) is 142 Å². The second-order valence-electron chi connectivity index (χ2n) is 12.8. The summed E-state index contributed by atoms with van der Waals surface area (Å²) in [6.45, 7) is 7.98. The number of fused-ring (bicyclic) bond motifs is 1. The number of amides is 3. The summed E-state index contributed by atoms with van der Waals surface area (Å²) < 4.78 is 10.9. The van der Waals surface area contributed by atoms with Gasteiger partial charge < -0.3 is 30.0 Å². The lowest BCUT2D eigenvalue weighted by Crippen LogP contribution is -2.54. The number of rotatable bonds is 6. The lowest BCUT2D eigenvalue weighted by Gasteiger charge is -2.43. The fraction of sp³-hybridized carbons (Fsp3) is 0.343. The predicted molar refractivity (Wildman–Crippen MR) is 184 cm³/mol. The van der Waals surface area contributed by atoms with Crippen LogP contribution in [0.2, 0.25) is 10.0 Å². The average molecular weight is 695 g/mol. The summed E-state index contributed by atoms with van der Waals surface area (Å²) in [6.07, 6.45) is 2.75. The van der Waals surface area contributed by atoms with Crippen LogP contribution in [0.15, 0.2) is 69.8 Å². The van der Waals surface area contributed by atoms with Gasteiger partial charge in [0, 0.05) is 28.9 Å². The molecule has 1 saturated heterocycles. The van der Waals surface area contributed by atoms with E-state index in [1.165, 1.54) is 25.3 Å². The van der Waals surface area contributed by atoms with Crippen molar-refractivity contribution in [2.24, 2.45) is 4.99 Å². The number of allylic oxidation sites excluding steroid dienone is 1. The highest BCUT2D eigenvalue weighted by Crippen LogP contribution is 2.35. The predicted octanol–water partition coefficient (Wildman–Crippen LogP) is 5.27. The zero-order valence-electron chi connectivity index (χ0n) is 27.3. The standard InChI is InChI=1S/C35H37Cl2N5O6/c1-20-9-10-21-17-25(31(45)39-28(21)40-32(20)47-5)30(44)38-27-18-22(11-12-26(27)37)29(43)41-35(23-7-6-8-24(36)19-23)13-15-42(16-14-35)33(46)48-34(2,3)4/h6-8,10-12,17-19H,9,13-16H2,1-5H3,(H,38,44)(H,41,43)(H,39,40,45). The Labute approximate surface area is 287 Å². The van der Waals surface area contributed by atoms with E-state index in [-0.39, 0.29) is 27.3 Å². The van der Waals surface area contributed by atoms with E-state index in [1.807, 2.05) is 45.9 Å². The molecule has 13 heteroatoms. The Bertz CT molecular complexity index is 1990. The van der Waals surface area contributed by atoms with E-state index in [0.29, 0.717) is 48.5 Å². The Morgan fingerprint density at radius 3 is 2.42 bits per heavy atom. The molecule has 1 aromatic heterocycles. The minimum Gasteiger partial charge on any atom is -0.481 e. The van der Waals surface area contributed by atoms with Crippen LogP contribution < -0.4 is 26.9 Å². The van der Waals surface area contributed by atoms with E-state index >= 15 is 0 Å². The minimum absolute atomic E-state index is 0.146. The quantitative estimate of drug-likeness (QED) is 0.321. The number of aromatic nitrogens is 1. The SMILES string of the molecule is COC1=C(C)CC=c2cc(C(=O)Nc3cc(C(=O)NC4(c5cccc(Cl)c5)CCN(C(=O)OC(C)(C)C)CC4)ccc3Cl)c(=O)[nH]c2=N1. The fourth-order valence-corrected chi connectivity index (χ4v) is 5.99. The molecule has 3 heterocycles. The number of ether oxygens (including phenoxy) is 2. The molecule has 2 aromatic carbocycles. The van der Waals surface area contributed by atoms with Gasteiger partial charge in [0.25, 0.3) is 17.4 Å². The number of nitrogens with zero attached hydrogens (tertiary/aromatic N) is 2. The van der Waals surface area contributed by atoms with Crippen molar-refractivity contribution in [2.75, 3.05) is 25.5 Å². The zero-order chi connectivity index (χ0) is 34.8. The van der Waals surface area contributed by atoms with Crippen molar-refractivity contribution in [3.8, 4) is 0 Å². The van der Waals surface area contributed by atoms with Crippen molar-refractivity contribution in [3.05, 3.63) is 108 Å². The molecule has 3 N–H and O–H groups in total. The number of methoxy groups -OCH3 is 1. The van der Waals surface area contributed by atoms with Gasteiger partial charge in [0.15, 0.2) is 0 Å². The third-order valence-electron chi connectivity index (χ3n) is 8.17. The molecule has 252 valence electrons. The molecule has 3 aromatic rings. The number of carbonyl (C=O) groups is 3. The van der Waals surface area contributed by atoms with Crippen molar-refractivity contribution in [1.82, 2.24) is 15.2 Å². The van der Waals surface area contributed by atoms with Crippen LogP contribution in [0.4, 0.5) is 10.5 Å². The molecule has 0 aliphatic carbocycles. The lowest BCUT2D eigenvalue weighted by molar-refractivity contribution is 0.0145. The summed E-state index contributed by atoms with van der Waals surface area (Å²) in [5, 5.41) is 7.10. The van der Waals surface area contributed by atoms with Gasteiger partial charge in [0.2, 0.25) is 5.88 Å². The number of pyridine rings is 1. The number of hydrogen-bond donors (Lipinski definition) is 3. The number of aromatic amines is 1. The van der Waals surface area contributed by atoms with E-state index in [9.17, 15) is 19.2 Å². The fourth-order valence-electron chi connectivity index (χ4n) is 5.63. The van der Waals surface area contributed by atoms with E-state index < -0.39 is 34.6 Å². The first-order valence-corrected chi connectivity index (χ1v) is 16.2. The number of hydrogen-bond acceptors (Lipinski definition) is 7. The maximum absolute atomic E-state index is 13.8. The van der Waals surface area contributed by atoms with Crippen LogP contribution in [0.1, 0.15) is 73.2 Å². The summed E-state index contributed by atoms with van der Waals surface area (Å²) in [4.78, 5) is 61.6. The molecule has 5 rings (SSSR count). The molecule has 0 spiro atoms. The Morgan fingerprint density at radius 2 is 1.75 bits per heavy atom. The maximum atomic E-state index is 13.8. The van der Waals surface area contributed by atoms with E-state index in [1.54, 1.807) is 23.1 Å². The van der Waals surface area contributed by atoms with E-state index in [4.69, 9.17) is 32.7 Å². The molecule has 1 fully saturated rings. The summed E-state index contributed by atoms with van der Waals surface area (Å²) >= 11 is 12.8. The second-order valence-corrected chi connectivity index (χ2v) is 13.6. The molecular weight excluding hydrogens is 657 g/mol. The average Bonchev–Trinajstić information content (AvgIpc) is 3.18. The van der Waals surface area contributed by atoms with Gasteiger partial charge in [-0.25, -0.2) is 4.79 Å². The van der Waals surface area contributed by atoms with Crippen molar-refractivity contribution in [3.63, 3.8) is 0 Å². The first kappa shape index (κ1) is 34.7. The first-order valence-electron chi connectivity index (χ1n) is 15.4. The normalized spacial score (nSPS) is 15.7. The van der Waals surface area contributed by atoms with Gasteiger partial charge in [-0.3, -0.25) is 14.4 Å². The number of carbonyl (C=O) groups excluding carboxylic acids is 3. The Hall–Kier alpha value is -4.61. The van der Waals surface area contributed by atoms with Crippen LogP contribution in [-0.2, 0) is 15.0 Å². The van der Waals surface area contributed by atoms with Crippen molar-refractivity contribution >= 4 is 52.9 Å². The van der Waals surface area contributed by atoms with Crippen LogP contribution in [0, 0.1) is 0 Å². The van der Waals surface area contributed by atoms with E-state index in [0.717, 1.165) is 11.1 Å². The minimum atomic E-state index is -0.851. The molecule has 0 radical (unpaired) electrons. The molecule has 2 aliphatic heterocycles. The molecule has 0 saturated carbocycles. The van der Waals surface area contributed by atoms with Gasteiger partial charge in [-0.05, 0) is 94.5 Å². The van der Waals surface area contributed by atoms with Crippen LogP contribution in [0.25, 0.3) is 6.08 Å². The van der Waals surface area contributed by atoms with Crippen LogP contribution in [0.3, 0.4) is 0 Å². The highest BCUT2D eigenvalue weighted by atomic mass is 35.5. The molecule has 11 nitrogen and oxygen atoms in total. The number of nitrogens with one attached hydrogen (secondary N) is 3. The van der Waals surface area contributed by atoms with Gasteiger partial charge in [0.05, 0.1) is 23.4 Å². The third-order valence-corrected chi connectivity index (χ3v) is 8.73. The monoisotopic (exact) mass is 693 g/mol. The summed E-state index contributed by atoms with van der Waals surface area (Å²) in [5.41, 5.74) is 0.0294. The first-order chi connectivity index (χ1) is 22.7. The third kappa shape index (κ3) is 7.74. The maximum Gasteiger partial charge on any atom is 0.410 e. The number of H-pyrrole nitrogens is 1. The van der Waals surface area contributed by atoms with E-state index in [2.05, 4.69) is 20.6 Å². The van der Waals surface area contributed by atoms with Gasteiger partial charge in [-0.15, -0.1) is 0 Å².